The monoisotopic (exact) mass is 377 g/mol. The van der Waals surface area contributed by atoms with Crippen LogP contribution in [0.1, 0.15) is 29.3 Å². The Hall–Kier alpha value is -1.50. The zero-order valence-corrected chi connectivity index (χ0v) is 16.7. The normalized spacial score (nSPS) is 27.3. The summed E-state index contributed by atoms with van der Waals surface area (Å²) >= 11 is 0. The SMILES string of the molecule is CC[C@@H]1CN(C(=O)c2ccc(C)cc2F)[C@H](CO)[C@@H]1CN1CCN(C)CC1. The summed E-state index contributed by atoms with van der Waals surface area (Å²) in [5.74, 6) is -0.224. The molecule has 5 nitrogen and oxygen atoms in total. The zero-order chi connectivity index (χ0) is 19.6. The molecule has 2 aliphatic heterocycles. The molecule has 2 heterocycles. The maximum Gasteiger partial charge on any atom is 0.257 e. The highest BCUT2D eigenvalue weighted by Gasteiger charge is 2.44. The van der Waals surface area contributed by atoms with Gasteiger partial charge in [-0.05, 0) is 43.5 Å². The molecule has 0 bridgehead atoms. The first-order valence-corrected chi connectivity index (χ1v) is 10.0. The van der Waals surface area contributed by atoms with E-state index in [1.54, 1.807) is 17.0 Å². The van der Waals surface area contributed by atoms with E-state index in [1.807, 2.05) is 6.92 Å². The minimum Gasteiger partial charge on any atom is -0.394 e. The number of amides is 1. The molecule has 0 unspecified atom stereocenters. The molecule has 150 valence electrons. The van der Waals surface area contributed by atoms with Crippen molar-refractivity contribution in [2.24, 2.45) is 11.8 Å². The number of aryl methyl sites for hydroxylation is 1. The smallest absolute Gasteiger partial charge is 0.257 e. The van der Waals surface area contributed by atoms with Crippen molar-refractivity contribution in [3.63, 3.8) is 0 Å². The van der Waals surface area contributed by atoms with Gasteiger partial charge in [-0.25, -0.2) is 4.39 Å². The summed E-state index contributed by atoms with van der Waals surface area (Å²) in [6.45, 7) is 9.47. The summed E-state index contributed by atoms with van der Waals surface area (Å²) in [7, 11) is 2.13. The number of carbonyl (C=O) groups excluding carboxylic acids is 1. The van der Waals surface area contributed by atoms with Gasteiger partial charge in [0.05, 0.1) is 18.2 Å². The fourth-order valence-corrected chi connectivity index (χ4v) is 4.52. The third-order valence-corrected chi connectivity index (χ3v) is 6.32. The number of hydrogen-bond acceptors (Lipinski definition) is 4. The van der Waals surface area contributed by atoms with Gasteiger partial charge in [-0.1, -0.05) is 19.4 Å². The Kier molecular flexibility index (Phi) is 6.50. The number of benzene rings is 1. The number of likely N-dealkylation sites (tertiary alicyclic amines) is 1. The molecule has 0 spiro atoms. The molecule has 2 fully saturated rings. The third-order valence-electron chi connectivity index (χ3n) is 6.32. The Labute approximate surface area is 161 Å². The molecule has 2 saturated heterocycles. The van der Waals surface area contributed by atoms with E-state index in [-0.39, 0.29) is 30.0 Å². The van der Waals surface area contributed by atoms with Crippen LogP contribution in [0.5, 0.6) is 0 Å². The zero-order valence-electron chi connectivity index (χ0n) is 16.7. The first kappa shape index (κ1) is 20.2. The van der Waals surface area contributed by atoms with Crippen LogP contribution in [0, 0.1) is 24.6 Å². The number of rotatable bonds is 5. The number of hydrogen-bond donors (Lipinski definition) is 1. The molecule has 1 aromatic rings. The van der Waals surface area contributed by atoms with Crippen molar-refractivity contribution in [3.8, 4) is 0 Å². The third kappa shape index (κ3) is 4.33. The van der Waals surface area contributed by atoms with E-state index in [2.05, 4.69) is 23.8 Å². The molecular formula is C21H32FN3O2. The van der Waals surface area contributed by atoms with Gasteiger partial charge < -0.3 is 19.8 Å². The van der Waals surface area contributed by atoms with E-state index in [4.69, 9.17) is 0 Å². The quantitative estimate of drug-likeness (QED) is 0.851. The standard InChI is InChI=1S/C21H32FN3O2/c1-4-16-12-25(21(27)17-6-5-15(2)11-19(17)22)20(14-26)18(16)13-24-9-7-23(3)8-10-24/h5-6,11,16,18,20,26H,4,7-10,12-14H2,1-3H3/t16-,18-,20-/m1/s1. The molecule has 6 heteroatoms. The van der Waals surface area contributed by atoms with E-state index < -0.39 is 5.82 Å². The fraction of sp³-hybridized carbons (Fsp3) is 0.667. The van der Waals surface area contributed by atoms with Crippen LogP contribution in [0.3, 0.4) is 0 Å². The summed E-state index contributed by atoms with van der Waals surface area (Å²) in [6, 6.07) is 4.48. The number of carbonyl (C=O) groups is 1. The number of likely N-dealkylation sites (N-methyl/N-ethyl adjacent to an activating group) is 1. The predicted octanol–water partition coefficient (Wildman–Crippen LogP) is 1.84. The summed E-state index contributed by atoms with van der Waals surface area (Å²) < 4.78 is 14.3. The lowest BCUT2D eigenvalue weighted by atomic mass is 9.88. The lowest BCUT2D eigenvalue weighted by Crippen LogP contribution is -2.49. The number of aliphatic hydroxyl groups is 1. The lowest BCUT2D eigenvalue weighted by molar-refractivity contribution is 0.0587. The van der Waals surface area contributed by atoms with Crippen molar-refractivity contribution in [2.45, 2.75) is 26.3 Å². The second kappa shape index (κ2) is 8.67. The van der Waals surface area contributed by atoms with Crippen molar-refractivity contribution >= 4 is 5.91 Å². The van der Waals surface area contributed by atoms with Crippen molar-refractivity contribution in [2.75, 3.05) is 52.9 Å². The minimum absolute atomic E-state index is 0.0753. The van der Waals surface area contributed by atoms with Gasteiger partial charge in [0.15, 0.2) is 0 Å². The Morgan fingerprint density at radius 3 is 2.56 bits per heavy atom. The maximum absolute atomic E-state index is 14.3. The van der Waals surface area contributed by atoms with Crippen molar-refractivity contribution in [3.05, 3.63) is 35.1 Å². The number of piperazine rings is 1. The Morgan fingerprint density at radius 1 is 1.26 bits per heavy atom. The Bertz CT molecular complexity index is 661. The molecular weight excluding hydrogens is 345 g/mol. The van der Waals surface area contributed by atoms with Gasteiger partial charge in [-0.3, -0.25) is 4.79 Å². The molecule has 1 N–H and O–H groups in total. The minimum atomic E-state index is -0.479. The van der Waals surface area contributed by atoms with Crippen LogP contribution >= 0.6 is 0 Å². The lowest BCUT2D eigenvalue weighted by Gasteiger charge is -2.36. The first-order chi connectivity index (χ1) is 12.9. The van der Waals surface area contributed by atoms with Gasteiger partial charge >= 0.3 is 0 Å². The van der Waals surface area contributed by atoms with Gasteiger partial charge in [0.1, 0.15) is 5.82 Å². The Balaban J connectivity index is 1.77. The molecule has 0 aliphatic carbocycles. The maximum atomic E-state index is 14.3. The van der Waals surface area contributed by atoms with E-state index in [1.165, 1.54) is 6.07 Å². The number of halogens is 1. The van der Waals surface area contributed by atoms with Crippen LogP contribution in [-0.2, 0) is 0 Å². The number of nitrogens with zero attached hydrogens (tertiary/aromatic N) is 3. The molecule has 3 atom stereocenters. The topological polar surface area (TPSA) is 47.0 Å². The van der Waals surface area contributed by atoms with Crippen LogP contribution in [0.2, 0.25) is 0 Å². The first-order valence-electron chi connectivity index (χ1n) is 10.0. The van der Waals surface area contributed by atoms with Crippen molar-refractivity contribution in [1.82, 2.24) is 14.7 Å². The van der Waals surface area contributed by atoms with E-state index in [9.17, 15) is 14.3 Å². The van der Waals surface area contributed by atoms with Crippen LogP contribution in [-0.4, -0.2) is 84.7 Å². The summed E-state index contributed by atoms with van der Waals surface area (Å²) in [5, 5.41) is 10.1. The second-order valence-electron chi connectivity index (χ2n) is 8.13. The van der Waals surface area contributed by atoms with E-state index >= 15 is 0 Å². The highest BCUT2D eigenvalue weighted by molar-refractivity contribution is 5.95. The fourth-order valence-electron chi connectivity index (χ4n) is 4.52. The van der Waals surface area contributed by atoms with Crippen LogP contribution in [0.25, 0.3) is 0 Å². The van der Waals surface area contributed by atoms with Gasteiger partial charge in [0.2, 0.25) is 0 Å². The van der Waals surface area contributed by atoms with Crippen LogP contribution in [0.4, 0.5) is 4.39 Å². The molecule has 0 saturated carbocycles. The molecule has 1 aromatic carbocycles. The van der Waals surface area contributed by atoms with Crippen molar-refractivity contribution in [1.29, 1.82) is 0 Å². The molecule has 1 amide bonds. The van der Waals surface area contributed by atoms with Crippen LogP contribution in [0.15, 0.2) is 18.2 Å². The van der Waals surface area contributed by atoms with E-state index in [0.29, 0.717) is 12.5 Å². The summed E-state index contributed by atoms with van der Waals surface area (Å²) in [5.41, 5.74) is 0.901. The van der Waals surface area contributed by atoms with E-state index in [0.717, 1.165) is 44.7 Å². The second-order valence-corrected chi connectivity index (χ2v) is 8.13. The molecule has 2 aliphatic rings. The molecule has 27 heavy (non-hydrogen) atoms. The van der Waals surface area contributed by atoms with Crippen molar-refractivity contribution < 1.29 is 14.3 Å². The van der Waals surface area contributed by atoms with Gasteiger partial charge in [-0.15, -0.1) is 0 Å². The predicted molar refractivity (Wildman–Crippen MR) is 104 cm³/mol. The molecule has 0 radical (unpaired) electrons. The van der Waals surface area contributed by atoms with Gasteiger partial charge in [0, 0.05) is 39.3 Å². The average Bonchev–Trinajstić information content (AvgIpc) is 3.00. The Morgan fingerprint density at radius 2 is 1.96 bits per heavy atom. The van der Waals surface area contributed by atoms with Gasteiger partial charge in [-0.2, -0.15) is 0 Å². The summed E-state index contributed by atoms with van der Waals surface area (Å²) in [6.07, 6.45) is 0.953. The highest BCUT2D eigenvalue weighted by atomic mass is 19.1. The summed E-state index contributed by atoms with van der Waals surface area (Å²) in [4.78, 5) is 19.5. The van der Waals surface area contributed by atoms with Crippen LogP contribution < -0.4 is 0 Å². The molecule has 0 aromatic heterocycles. The number of aliphatic hydroxyl groups excluding tert-OH is 1. The van der Waals surface area contributed by atoms with Gasteiger partial charge in [0.25, 0.3) is 5.91 Å². The molecule has 3 rings (SSSR count). The highest BCUT2D eigenvalue weighted by Crippen LogP contribution is 2.34. The largest absolute Gasteiger partial charge is 0.394 e. The average molecular weight is 378 g/mol.